The molecule has 66 valence electrons. The van der Waals surface area contributed by atoms with Gasteiger partial charge in [-0.3, -0.25) is 9.59 Å². The molecule has 0 N–H and O–H groups in total. The van der Waals surface area contributed by atoms with E-state index in [-0.39, 0.29) is 24.8 Å². The Kier molecular flexibility index (Phi) is 2.99. The average molecular weight is 169 g/mol. The Hall–Kier alpha value is -1.16. The largest absolute Gasteiger partial charge is 0.372 e. The summed E-state index contributed by atoms with van der Waals surface area (Å²) in [7, 11) is 0. The quantitative estimate of drug-likeness (QED) is 0.502. The van der Waals surface area contributed by atoms with Crippen molar-refractivity contribution in [2.24, 2.45) is 0 Å². The standard InChI is InChI=1S/C8H11NO3/c1-2-8(11)9-3-4-12-6-7(10)5-9/h2H,1,3-6H2. The van der Waals surface area contributed by atoms with Gasteiger partial charge in [-0.1, -0.05) is 6.58 Å². The molecule has 0 aromatic rings. The number of hydrogen-bond donors (Lipinski definition) is 0. The topological polar surface area (TPSA) is 46.6 Å². The molecule has 0 aliphatic carbocycles. The molecule has 1 fully saturated rings. The molecule has 1 amide bonds. The van der Waals surface area contributed by atoms with Gasteiger partial charge in [0.25, 0.3) is 0 Å². The van der Waals surface area contributed by atoms with Gasteiger partial charge in [0.05, 0.1) is 13.2 Å². The van der Waals surface area contributed by atoms with E-state index >= 15 is 0 Å². The van der Waals surface area contributed by atoms with Gasteiger partial charge in [-0.15, -0.1) is 0 Å². The van der Waals surface area contributed by atoms with Crippen molar-refractivity contribution in [1.82, 2.24) is 4.90 Å². The summed E-state index contributed by atoms with van der Waals surface area (Å²) in [5.74, 6) is -0.281. The third-order valence-electron chi connectivity index (χ3n) is 1.62. The second-order valence-corrected chi connectivity index (χ2v) is 2.56. The normalized spacial score (nSPS) is 18.7. The Morgan fingerprint density at radius 3 is 3.08 bits per heavy atom. The van der Waals surface area contributed by atoms with E-state index in [1.54, 1.807) is 0 Å². The lowest BCUT2D eigenvalue weighted by atomic mass is 10.3. The van der Waals surface area contributed by atoms with Crippen molar-refractivity contribution in [2.45, 2.75) is 0 Å². The third kappa shape index (κ3) is 2.17. The van der Waals surface area contributed by atoms with Crippen LogP contribution in [-0.2, 0) is 14.3 Å². The summed E-state index contributed by atoms with van der Waals surface area (Å²) in [5, 5.41) is 0. The molecule has 4 heteroatoms. The third-order valence-corrected chi connectivity index (χ3v) is 1.62. The Morgan fingerprint density at radius 2 is 2.42 bits per heavy atom. The van der Waals surface area contributed by atoms with E-state index in [4.69, 9.17) is 4.74 Å². The molecule has 1 aliphatic heterocycles. The monoisotopic (exact) mass is 169 g/mol. The SMILES string of the molecule is C=CC(=O)N1CCOCC(=O)C1. The van der Waals surface area contributed by atoms with Crippen molar-refractivity contribution in [3.05, 3.63) is 12.7 Å². The molecule has 0 unspecified atom stereocenters. The number of Topliss-reactive ketones (excluding diaryl/α,β-unsaturated/α-hetero) is 1. The number of carbonyl (C=O) groups excluding carboxylic acids is 2. The Morgan fingerprint density at radius 1 is 1.67 bits per heavy atom. The van der Waals surface area contributed by atoms with Crippen molar-refractivity contribution >= 4 is 11.7 Å². The summed E-state index contributed by atoms with van der Waals surface area (Å²) in [4.78, 5) is 23.5. The summed E-state index contributed by atoms with van der Waals surface area (Å²) >= 11 is 0. The fourth-order valence-corrected chi connectivity index (χ4v) is 1.02. The van der Waals surface area contributed by atoms with Crippen LogP contribution in [0.1, 0.15) is 0 Å². The number of nitrogens with zero attached hydrogens (tertiary/aromatic N) is 1. The highest BCUT2D eigenvalue weighted by Crippen LogP contribution is 1.97. The summed E-state index contributed by atoms with van der Waals surface area (Å²) in [6.45, 7) is 4.49. The lowest BCUT2D eigenvalue weighted by Gasteiger charge is -2.15. The molecular weight excluding hydrogens is 158 g/mol. The second-order valence-electron chi connectivity index (χ2n) is 2.56. The maximum absolute atomic E-state index is 11.1. The number of hydrogen-bond acceptors (Lipinski definition) is 3. The molecule has 1 rings (SSSR count). The molecule has 1 saturated heterocycles. The zero-order valence-corrected chi connectivity index (χ0v) is 6.78. The van der Waals surface area contributed by atoms with Crippen LogP contribution in [0.4, 0.5) is 0 Å². The van der Waals surface area contributed by atoms with Crippen molar-refractivity contribution in [3.8, 4) is 0 Å². The Bertz CT molecular complexity index is 212. The second kappa shape index (κ2) is 4.01. The molecule has 0 bridgehead atoms. The predicted molar refractivity (Wildman–Crippen MR) is 42.6 cm³/mol. The van der Waals surface area contributed by atoms with Crippen molar-refractivity contribution in [3.63, 3.8) is 0 Å². The lowest BCUT2D eigenvalue weighted by molar-refractivity contribution is -0.130. The number of ketones is 1. The van der Waals surface area contributed by atoms with Gasteiger partial charge in [-0.05, 0) is 6.08 Å². The van der Waals surface area contributed by atoms with Crippen LogP contribution in [0.15, 0.2) is 12.7 Å². The van der Waals surface area contributed by atoms with E-state index in [0.29, 0.717) is 13.2 Å². The van der Waals surface area contributed by atoms with Gasteiger partial charge in [0, 0.05) is 6.54 Å². The first-order chi connectivity index (χ1) is 5.74. The van der Waals surface area contributed by atoms with Crippen LogP contribution >= 0.6 is 0 Å². The van der Waals surface area contributed by atoms with Crippen LogP contribution in [-0.4, -0.2) is 42.9 Å². The van der Waals surface area contributed by atoms with Gasteiger partial charge in [0.2, 0.25) is 5.91 Å². The van der Waals surface area contributed by atoms with Crippen molar-refractivity contribution in [2.75, 3.05) is 26.3 Å². The molecule has 0 spiro atoms. The van der Waals surface area contributed by atoms with Crippen LogP contribution in [0.2, 0.25) is 0 Å². The number of carbonyl (C=O) groups is 2. The molecule has 0 atom stereocenters. The maximum atomic E-state index is 11.1. The van der Waals surface area contributed by atoms with Gasteiger partial charge >= 0.3 is 0 Å². The fourth-order valence-electron chi connectivity index (χ4n) is 1.02. The van der Waals surface area contributed by atoms with E-state index in [9.17, 15) is 9.59 Å². The smallest absolute Gasteiger partial charge is 0.246 e. The van der Waals surface area contributed by atoms with Crippen molar-refractivity contribution in [1.29, 1.82) is 0 Å². The molecule has 0 aromatic carbocycles. The zero-order valence-electron chi connectivity index (χ0n) is 6.78. The highest BCUT2D eigenvalue weighted by Gasteiger charge is 2.17. The highest BCUT2D eigenvalue weighted by atomic mass is 16.5. The van der Waals surface area contributed by atoms with E-state index < -0.39 is 0 Å². The predicted octanol–water partition coefficient (Wildman–Crippen LogP) is -0.400. The molecule has 0 radical (unpaired) electrons. The molecule has 0 aromatic heterocycles. The van der Waals surface area contributed by atoms with E-state index in [1.165, 1.54) is 11.0 Å². The average Bonchev–Trinajstić information content (AvgIpc) is 2.28. The molecule has 1 heterocycles. The minimum absolute atomic E-state index is 0.0669. The number of rotatable bonds is 1. The van der Waals surface area contributed by atoms with Crippen LogP contribution in [0.3, 0.4) is 0 Å². The van der Waals surface area contributed by atoms with Crippen LogP contribution in [0.5, 0.6) is 0 Å². The van der Waals surface area contributed by atoms with Gasteiger partial charge in [-0.2, -0.15) is 0 Å². The number of ether oxygens (including phenoxy) is 1. The van der Waals surface area contributed by atoms with Gasteiger partial charge in [0.15, 0.2) is 5.78 Å². The maximum Gasteiger partial charge on any atom is 0.246 e. The minimum Gasteiger partial charge on any atom is -0.372 e. The summed E-state index contributed by atoms with van der Waals surface area (Å²) < 4.78 is 4.95. The lowest BCUT2D eigenvalue weighted by Crippen LogP contribution is -2.34. The zero-order chi connectivity index (χ0) is 8.97. The molecule has 0 saturated carbocycles. The van der Waals surface area contributed by atoms with Crippen LogP contribution in [0, 0.1) is 0 Å². The molecule has 12 heavy (non-hydrogen) atoms. The first-order valence-electron chi connectivity index (χ1n) is 3.75. The molecule has 1 aliphatic rings. The number of amides is 1. The van der Waals surface area contributed by atoms with Gasteiger partial charge in [0.1, 0.15) is 6.61 Å². The minimum atomic E-state index is -0.214. The van der Waals surface area contributed by atoms with E-state index in [0.717, 1.165) is 0 Å². The van der Waals surface area contributed by atoms with Crippen molar-refractivity contribution < 1.29 is 14.3 Å². The van der Waals surface area contributed by atoms with E-state index in [1.807, 2.05) is 0 Å². The summed E-state index contributed by atoms with van der Waals surface area (Å²) in [6.07, 6.45) is 1.21. The highest BCUT2D eigenvalue weighted by molar-refractivity contribution is 5.92. The van der Waals surface area contributed by atoms with Gasteiger partial charge in [-0.25, -0.2) is 0 Å². The summed E-state index contributed by atoms with van der Waals surface area (Å²) in [5.41, 5.74) is 0. The Balaban J connectivity index is 2.57. The first kappa shape index (κ1) is 8.93. The molecular formula is C8H11NO3. The summed E-state index contributed by atoms with van der Waals surface area (Å²) in [6, 6.07) is 0. The van der Waals surface area contributed by atoms with Gasteiger partial charge < -0.3 is 9.64 Å². The molecule has 4 nitrogen and oxygen atoms in total. The van der Waals surface area contributed by atoms with Crippen LogP contribution in [0.25, 0.3) is 0 Å². The Labute approximate surface area is 70.8 Å². The van der Waals surface area contributed by atoms with Crippen LogP contribution < -0.4 is 0 Å². The fraction of sp³-hybridized carbons (Fsp3) is 0.500. The van der Waals surface area contributed by atoms with E-state index in [2.05, 4.69) is 6.58 Å². The first-order valence-corrected chi connectivity index (χ1v) is 3.75.